The molecule has 174 valence electrons. The molecule has 0 saturated heterocycles. The van der Waals surface area contributed by atoms with E-state index in [2.05, 4.69) is 20.9 Å². The predicted octanol–water partition coefficient (Wildman–Crippen LogP) is 4.29. The lowest BCUT2D eigenvalue weighted by Gasteiger charge is -2.30. The zero-order valence-electron chi connectivity index (χ0n) is 17.8. The fourth-order valence-corrected chi connectivity index (χ4v) is 3.74. The molecule has 0 unspecified atom stereocenters. The molecule has 0 aliphatic heterocycles. The number of rotatable bonds is 7. The van der Waals surface area contributed by atoms with E-state index in [1.807, 2.05) is 13.8 Å². The minimum atomic E-state index is -4.50. The van der Waals surface area contributed by atoms with Gasteiger partial charge in [-0.1, -0.05) is 17.7 Å². The van der Waals surface area contributed by atoms with Crippen LogP contribution in [-0.4, -0.2) is 38.6 Å². The van der Waals surface area contributed by atoms with Crippen LogP contribution < -0.4 is 16.0 Å². The molecular formula is C21H26ClF3N6O. The van der Waals surface area contributed by atoms with E-state index in [4.69, 9.17) is 17.0 Å². The molecule has 0 spiro atoms. The first kappa shape index (κ1) is 23.9. The monoisotopic (exact) mass is 470 g/mol. The summed E-state index contributed by atoms with van der Waals surface area (Å²) >= 11 is 5.76. The van der Waals surface area contributed by atoms with Gasteiger partial charge in [-0.15, -0.1) is 0 Å². The van der Waals surface area contributed by atoms with Crippen LogP contribution in [0.15, 0.2) is 36.2 Å². The lowest BCUT2D eigenvalue weighted by molar-refractivity contribution is -0.140. The number of imidazole rings is 1. The summed E-state index contributed by atoms with van der Waals surface area (Å²) in [6.45, 7) is 3.82. The summed E-state index contributed by atoms with van der Waals surface area (Å²) in [6.07, 6.45) is 0.771. The van der Waals surface area contributed by atoms with Crippen LogP contribution in [0, 0.1) is 5.41 Å². The maximum absolute atomic E-state index is 13.0. The molecule has 4 N–H and O–H groups in total. The number of aromatic nitrogens is 2. The van der Waals surface area contributed by atoms with E-state index in [1.54, 1.807) is 12.1 Å². The first-order valence-electron chi connectivity index (χ1n) is 10.4. The van der Waals surface area contributed by atoms with Crippen molar-refractivity contribution in [2.24, 2.45) is 0 Å². The molecule has 1 aliphatic carbocycles. The summed E-state index contributed by atoms with van der Waals surface area (Å²) in [6, 6.07) is 4.99. The van der Waals surface area contributed by atoms with Crippen LogP contribution in [0.2, 0.25) is 0 Å². The van der Waals surface area contributed by atoms with Crippen molar-refractivity contribution in [1.82, 2.24) is 20.0 Å². The first-order chi connectivity index (χ1) is 15.0. The largest absolute Gasteiger partial charge is 0.434 e. The highest BCUT2D eigenvalue weighted by Gasteiger charge is 2.34. The van der Waals surface area contributed by atoms with E-state index in [-0.39, 0.29) is 34.5 Å². The molecule has 3 rings (SSSR count). The van der Waals surface area contributed by atoms with Crippen molar-refractivity contribution in [2.75, 3.05) is 5.32 Å². The van der Waals surface area contributed by atoms with Gasteiger partial charge in [0.05, 0.1) is 5.57 Å². The Balaban J connectivity index is 1.59. The van der Waals surface area contributed by atoms with Crippen LogP contribution in [0.5, 0.6) is 0 Å². The molecule has 1 saturated carbocycles. The lowest BCUT2D eigenvalue weighted by Crippen LogP contribution is -2.41. The van der Waals surface area contributed by atoms with Crippen LogP contribution in [-0.2, 0) is 11.0 Å². The molecule has 32 heavy (non-hydrogen) atoms. The van der Waals surface area contributed by atoms with Gasteiger partial charge in [0.1, 0.15) is 16.6 Å². The average Bonchev–Trinajstić information content (AvgIpc) is 3.15. The number of alkyl halides is 3. The number of fused-ring (bicyclic) bond motifs is 1. The Morgan fingerprint density at radius 2 is 1.91 bits per heavy atom. The normalized spacial score (nSPS) is 19.8. The molecule has 1 fully saturated rings. The quantitative estimate of drug-likeness (QED) is 0.358. The van der Waals surface area contributed by atoms with Crippen molar-refractivity contribution in [2.45, 2.75) is 63.8 Å². The van der Waals surface area contributed by atoms with Crippen LogP contribution in [0.1, 0.15) is 45.2 Å². The van der Waals surface area contributed by atoms with E-state index in [9.17, 15) is 18.0 Å². The summed E-state index contributed by atoms with van der Waals surface area (Å²) in [5.74, 6) is 0.135. The summed E-state index contributed by atoms with van der Waals surface area (Å²) in [7, 11) is 0. The number of nitrogens with one attached hydrogen (secondary N) is 4. The number of nitrogens with zero attached hydrogens (tertiary/aromatic N) is 2. The van der Waals surface area contributed by atoms with Crippen molar-refractivity contribution >= 4 is 34.1 Å². The van der Waals surface area contributed by atoms with Crippen molar-refractivity contribution in [1.29, 1.82) is 5.41 Å². The van der Waals surface area contributed by atoms with E-state index in [0.717, 1.165) is 19.0 Å². The van der Waals surface area contributed by atoms with Crippen LogP contribution in [0.3, 0.4) is 0 Å². The highest BCUT2D eigenvalue weighted by molar-refractivity contribution is 6.71. The van der Waals surface area contributed by atoms with Gasteiger partial charge in [0.25, 0.3) is 5.91 Å². The topological polar surface area (TPSA) is 94.3 Å². The van der Waals surface area contributed by atoms with E-state index in [1.165, 1.54) is 16.7 Å². The van der Waals surface area contributed by atoms with Gasteiger partial charge < -0.3 is 16.0 Å². The highest BCUT2D eigenvalue weighted by atomic mass is 35.5. The van der Waals surface area contributed by atoms with Gasteiger partial charge in [-0.05, 0) is 51.7 Å². The molecule has 2 aromatic rings. The van der Waals surface area contributed by atoms with Crippen molar-refractivity contribution < 1.29 is 18.0 Å². The van der Waals surface area contributed by atoms with Gasteiger partial charge in [-0.3, -0.25) is 14.6 Å². The fraction of sp³-hybridized carbons (Fsp3) is 0.476. The van der Waals surface area contributed by atoms with E-state index < -0.39 is 17.8 Å². The molecule has 7 nitrogen and oxygen atoms in total. The Labute approximate surface area is 188 Å². The minimum Gasteiger partial charge on any atom is -0.388 e. The second kappa shape index (κ2) is 9.81. The van der Waals surface area contributed by atoms with Gasteiger partial charge in [0, 0.05) is 30.5 Å². The molecule has 2 heterocycles. The maximum atomic E-state index is 13.0. The summed E-state index contributed by atoms with van der Waals surface area (Å²) in [5.41, 5.74) is -0.632. The molecule has 0 atom stereocenters. The summed E-state index contributed by atoms with van der Waals surface area (Å²) < 4.78 is 40.4. The maximum Gasteiger partial charge on any atom is 0.434 e. The standard InChI is InChI=1S/C21H26ClF3N6O/c1-12(2)27-10-15(19(22)26)20(32)29-14-8-6-13(7-9-14)28-17-4-3-5-18-30-16(11-31(17)18)21(23,24)25/h3-5,10-14,26-28H,6-9H2,1-2H3,(H,29,32)/b15-10+,26-19?. The number of hydrogen-bond donors (Lipinski definition) is 4. The Kier molecular flexibility index (Phi) is 7.33. The molecule has 0 radical (unpaired) electrons. The number of pyridine rings is 1. The molecular weight excluding hydrogens is 445 g/mol. The van der Waals surface area contributed by atoms with Gasteiger partial charge in [0.2, 0.25) is 0 Å². The predicted molar refractivity (Wildman–Crippen MR) is 118 cm³/mol. The third-order valence-electron chi connectivity index (χ3n) is 5.24. The molecule has 0 aromatic carbocycles. The number of anilines is 1. The van der Waals surface area contributed by atoms with Crippen molar-refractivity contribution in [3.05, 3.63) is 41.9 Å². The van der Waals surface area contributed by atoms with Gasteiger partial charge in [-0.25, -0.2) is 4.98 Å². The van der Waals surface area contributed by atoms with E-state index >= 15 is 0 Å². The number of carbonyl (C=O) groups excluding carboxylic acids is 1. The zero-order valence-corrected chi connectivity index (χ0v) is 18.5. The smallest absolute Gasteiger partial charge is 0.388 e. The van der Waals surface area contributed by atoms with Crippen molar-refractivity contribution in [3.63, 3.8) is 0 Å². The molecule has 2 aromatic heterocycles. The fourth-order valence-electron chi connectivity index (χ4n) is 3.60. The Morgan fingerprint density at radius 1 is 1.25 bits per heavy atom. The third kappa shape index (κ3) is 5.93. The lowest BCUT2D eigenvalue weighted by atomic mass is 9.91. The van der Waals surface area contributed by atoms with Crippen molar-refractivity contribution in [3.8, 4) is 0 Å². The van der Waals surface area contributed by atoms with Crippen LogP contribution in [0.4, 0.5) is 19.0 Å². The number of hydrogen-bond acceptors (Lipinski definition) is 5. The minimum absolute atomic E-state index is 0.0504. The van der Waals surface area contributed by atoms with Gasteiger partial charge in [-0.2, -0.15) is 13.2 Å². The summed E-state index contributed by atoms with van der Waals surface area (Å²) in [4.78, 5) is 16.2. The zero-order chi connectivity index (χ0) is 23.5. The molecule has 0 bridgehead atoms. The Morgan fingerprint density at radius 3 is 2.50 bits per heavy atom. The SMILES string of the molecule is CC(C)N/C=C(\C(=N)Cl)C(=O)NC1CCC(Nc2cccc3nc(C(F)(F)F)cn23)CC1. The van der Waals surface area contributed by atoms with Crippen LogP contribution >= 0.6 is 11.6 Å². The second-order valence-corrected chi connectivity index (χ2v) is 8.50. The van der Waals surface area contributed by atoms with Crippen LogP contribution in [0.25, 0.3) is 5.65 Å². The van der Waals surface area contributed by atoms with E-state index in [0.29, 0.717) is 18.7 Å². The van der Waals surface area contributed by atoms with Gasteiger partial charge >= 0.3 is 6.18 Å². The second-order valence-electron chi connectivity index (χ2n) is 8.12. The third-order valence-corrected chi connectivity index (χ3v) is 5.44. The Bertz CT molecular complexity index is 1010. The molecule has 1 amide bonds. The first-order valence-corrected chi connectivity index (χ1v) is 10.8. The number of halogens is 4. The summed E-state index contributed by atoms with van der Waals surface area (Å²) in [5, 5.41) is 16.5. The molecule has 1 aliphatic rings. The number of carbonyl (C=O) groups is 1. The highest BCUT2D eigenvalue weighted by Crippen LogP contribution is 2.30. The number of amides is 1. The average molecular weight is 471 g/mol. The molecule has 11 heteroatoms. The Hall–Kier alpha value is -2.75. The van der Waals surface area contributed by atoms with Gasteiger partial charge in [0.15, 0.2) is 5.69 Å².